The van der Waals surface area contributed by atoms with E-state index in [9.17, 15) is 18.5 Å². The van der Waals surface area contributed by atoms with Crippen molar-refractivity contribution in [1.82, 2.24) is 5.32 Å². The van der Waals surface area contributed by atoms with Gasteiger partial charge in [0.05, 0.1) is 6.54 Å². The fraction of sp³-hybridized carbons (Fsp3) is 0.0909. The summed E-state index contributed by atoms with van der Waals surface area (Å²) < 4.78 is 38.4. The van der Waals surface area contributed by atoms with Crippen LogP contribution in [0.15, 0.2) is 78.9 Å². The van der Waals surface area contributed by atoms with Crippen LogP contribution in [-0.2, 0) is 9.59 Å². The summed E-state index contributed by atoms with van der Waals surface area (Å²) in [6.07, 6.45) is 0. The zero-order chi connectivity index (χ0) is 21.3. The average molecular weight is 412 g/mol. The topological polar surface area (TPSA) is 67.9 Å². The third kappa shape index (κ3) is 5.78. The molecule has 0 aliphatic carbocycles. The molecule has 2 amide bonds. The molecule has 0 aliphatic rings. The van der Waals surface area contributed by atoms with Gasteiger partial charge in [-0.05, 0) is 48.5 Å². The summed E-state index contributed by atoms with van der Waals surface area (Å²) in [5.41, 5.74) is -0.522. The van der Waals surface area contributed by atoms with Gasteiger partial charge in [-0.25, -0.2) is 4.39 Å². The minimum atomic E-state index is -1.11. The van der Waals surface area contributed by atoms with Crippen molar-refractivity contribution in [2.45, 2.75) is 0 Å². The molecule has 30 heavy (non-hydrogen) atoms. The van der Waals surface area contributed by atoms with E-state index in [1.165, 1.54) is 12.1 Å². The lowest BCUT2D eigenvalue weighted by atomic mass is 10.3. The van der Waals surface area contributed by atoms with Crippen LogP contribution in [0.1, 0.15) is 0 Å². The predicted octanol–water partition coefficient (Wildman–Crippen LogP) is 4.03. The minimum absolute atomic E-state index is 0.345. The molecule has 0 unspecified atom stereocenters. The number of amides is 2. The van der Waals surface area contributed by atoms with Crippen LogP contribution in [0, 0.1) is 5.82 Å². The van der Waals surface area contributed by atoms with Gasteiger partial charge in [0, 0.05) is 0 Å². The predicted molar refractivity (Wildman–Crippen MR) is 106 cm³/mol. The highest BCUT2D eigenvalue weighted by molar-refractivity contribution is 5.95. The van der Waals surface area contributed by atoms with Crippen LogP contribution in [-0.4, -0.2) is 25.0 Å². The van der Waals surface area contributed by atoms with E-state index in [2.05, 4.69) is 5.32 Å². The lowest BCUT2D eigenvalue weighted by Crippen LogP contribution is -2.38. The number of nitrogens with one attached hydrogen (secondary N) is 1. The first kappa shape index (κ1) is 20.8. The number of hydrogen-bond acceptors (Lipinski definition) is 4. The highest BCUT2D eigenvalue weighted by atomic mass is 19.2. The van der Waals surface area contributed by atoms with Gasteiger partial charge in [0.15, 0.2) is 6.61 Å². The molecule has 154 valence electrons. The molecule has 0 radical (unpaired) electrons. The van der Waals surface area contributed by atoms with Crippen molar-refractivity contribution in [2.75, 3.05) is 18.3 Å². The molecule has 1 N–H and O–H groups in total. The second-order valence-corrected chi connectivity index (χ2v) is 6.08. The molecular weight excluding hydrogens is 394 g/mol. The first-order chi connectivity index (χ1) is 14.5. The fourth-order valence-electron chi connectivity index (χ4n) is 2.42. The van der Waals surface area contributed by atoms with Crippen molar-refractivity contribution < 1.29 is 27.9 Å². The number of carbonyl (C=O) groups excluding carboxylic acids is 2. The summed E-state index contributed by atoms with van der Waals surface area (Å²) in [4.78, 5) is 23.6. The zero-order valence-electron chi connectivity index (χ0n) is 15.8. The van der Waals surface area contributed by atoms with Crippen LogP contribution >= 0.6 is 0 Å². The summed E-state index contributed by atoms with van der Waals surface area (Å²) in [5.74, 6) is -0.934. The number of rotatable bonds is 8. The van der Waals surface area contributed by atoms with Crippen LogP contribution in [0.5, 0.6) is 17.2 Å². The van der Waals surface area contributed by atoms with Gasteiger partial charge in [-0.3, -0.25) is 9.59 Å². The first-order valence-corrected chi connectivity index (χ1v) is 8.98. The van der Waals surface area contributed by atoms with Gasteiger partial charge in [0.2, 0.25) is 0 Å². The van der Waals surface area contributed by atoms with Crippen LogP contribution < -0.4 is 19.9 Å². The van der Waals surface area contributed by atoms with Crippen molar-refractivity contribution in [3.05, 3.63) is 84.7 Å². The van der Waals surface area contributed by atoms with Gasteiger partial charge >= 0.3 is 0 Å². The van der Waals surface area contributed by atoms with Gasteiger partial charge in [-0.1, -0.05) is 34.8 Å². The number of halogens is 2. The van der Waals surface area contributed by atoms with E-state index in [4.69, 9.17) is 9.47 Å². The molecule has 0 saturated carbocycles. The van der Waals surface area contributed by atoms with Gasteiger partial charge in [0.25, 0.3) is 11.8 Å². The SMILES string of the molecule is O=C(COc1ccc(Oc2ccccc2)cc1)NCC(=O)N(F)c1ccccc1F. The van der Waals surface area contributed by atoms with E-state index in [1.54, 1.807) is 24.3 Å². The van der Waals surface area contributed by atoms with Crippen molar-refractivity contribution in [2.24, 2.45) is 0 Å². The second-order valence-electron chi connectivity index (χ2n) is 6.08. The molecule has 0 heterocycles. The Balaban J connectivity index is 1.43. The van der Waals surface area contributed by atoms with Gasteiger partial charge in [-0.2, -0.15) is 0 Å². The lowest BCUT2D eigenvalue weighted by Gasteiger charge is -2.13. The minimum Gasteiger partial charge on any atom is -0.484 e. The number of anilines is 1. The molecule has 3 aromatic rings. The Morgan fingerprint density at radius 2 is 1.43 bits per heavy atom. The molecule has 0 aromatic heterocycles. The van der Waals surface area contributed by atoms with E-state index in [0.717, 1.165) is 12.1 Å². The Labute approximate surface area is 171 Å². The Morgan fingerprint density at radius 1 is 0.833 bits per heavy atom. The third-order valence-electron chi connectivity index (χ3n) is 3.89. The van der Waals surface area contributed by atoms with Crippen molar-refractivity contribution in [1.29, 1.82) is 0 Å². The van der Waals surface area contributed by atoms with Gasteiger partial charge in [-0.15, -0.1) is 5.12 Å². The molecule has 0 atom stereocenters. The maximum absolute atomic E-state index is 13.9. The molecule has 0 saturated heterocycles. The second kappa shape index (κ2) is 10.0. The zero-order valence-corrected chi connectivity index (χ0v) is 15.8. The smallest absolute Gasteiger partial charge is 0.274 e. The molecule has 6 nitrogen and oxygen atoms in total. The number of benzene rings is 3. The van der Waals surface area contributed by atoms with E-state index < -0.39 is 29.9 Å². The Hall–Kier alpha value is -3.94. The van der Waals surface area contributed by atoms with Gasteiger partial charge < -0.3 is 14.8 Å². The largest absolute Gasteiger partial charge is 0.484 e. The maximum atomic E-state index is 13.9. The van der Waals surface area contributed by atoms with Crippen molar-refractivity contribution in [3.8, 4) is 17.2 Å². The number of carbonyl (C=O) groups is 2. The molecule has 0 bridgehead atoms. The van der Waals surface area contributed by atoms with E-state index >= 15 is 0 Å². The number of nitrogens with zero attached hydrogens (tertiary/aromatic N) is 1. The normalized spacial score (nSPS) is 10.2. The Morgan fingerprint density at radius 3 is 2.13 bits per heavy atom. The molecule has 3 aromatic carbocycles. The standard InChI is InChI=1S/C22H18F2N2O4/c23-19-8-4-5-9-20(19)26(24)22(28)14-25-21(27)15-29-16-10-12-18(13-11-16)30-17-6-2-1-3-7-17/h1-13H,14-15H2,(H,25,27). The molecular formula is C22H18F2N2O4. The lowest BCUT2D eigenvalue weighted by molar-refractivity contribution is -0.127. The number of para-hydroxylation sites is 2. The Kier molecular flexibility index (Phi) is 6.94. The average Bonchev–Trinajstić information content (AvgIpc) is 2.77. The maximum Gasteiger partial charge on any atom is 0.274 e. The Bertz CT molecular complexity index is 998. The van der Waals surface area contributed by atoms with Crippen molar-refractivity contribution >= 4 is 17.5 Å². The van der Waals surface area contributed by atoms with Crippen LogP contribution in [0.3, 0.4) is 0 Å². The summed E-state index contributed by atoms with van der Waals surface area (Å²) in [6.45, 7) is -1.02. The van der Waals surface area contributed by atoms with Crippen LogP contribution in [0.25, 0.3) is 0 Å². The molecule has 0 spiro atoms. The van der Waals surface area contributed by atoms with E-state index in [0.29, 0.717) is 17.2 Å². The fourth-order valence-corrected chi connectivity index (χ4v) is 2.42. The summed E-state index contributed by atoms with van der Waals surface area (Å²) in [7, 11) is 0. The highest BCUT2D eigenvalue weighted by Crippen LogP contribution is 2.23. The summed E-state index contributed by atoms with van der Waals surface area (Å²) >= 11 is 0. The van der Waals surface area contributed by atoms with E-state index in [-0.39, 0.29) is 11.7 Å². The summed E-state index contributed by atoms with van der Waals surface area (Å²) in [5, 5.41) is 1.88. The first-order valence-electron chi connectivity index (χ1n) is 8.98. The van der Waals surface area contributed by atoms with Crippen LogP contribution in [0.2, 0.25) is 0 Å². The number of ether oxygens (including phenoxy) is 2. The number of hydrogen-bond donors (Lipinski definition) is 1. The quantitative estimate of drug-likeness (QED) is 0.568. The van der Waals surface area contributed by atoms with Crippen LogP contribution in [0.4, 0.5) is 14.6 Å². The van der Waals surface area contributed by atoms with E-state index in [1.807, 2.05) is 30.3 Å². The highest BCUT2D eigenvalue weighted by Gasteiger charge is 2.19. The van der Waals surface area contributed by atoms with Crippen molar-refractivity contribution in [3.63, 3.8) is 0 Å². The molecule has 8 heteroatoms. The third-order valence-corrected chi connectivity index (χ3v) is 3.89. The molecule has 0 aliphatic heterocycles. The van der Waals surface area contributed by atoms with Gasteiger partial charge in [0.1, 0.15) is 28.8 Å². The molecule has 3 rings (SSSR count). The monoisotopic (exact) mass is 412 g/mol. The molecule has 0 fully saturated rings. The summed E-state index contributed by atoms with van der Waals surface area (Å²) in [6, 6.07) is 20.7.